The van der Waals surface area contributed by atoms with Crippen LogP contribution in [0.15, 0.2) is 67.0 Å². The lowest BCUT2D eigenvalue weighted by Crippen LogP contribution is -2.36. The van der Waals surface area contributed by atoms with Crippen molar-refractivity contribution in [1.29, 1.82) is 0 Å². The third kappa shape index (κ3) is 7.54. The molecular weight excluding hydrogens is 474 g/mol. The van der Waals surface area contributed by atoms with Crippen molar-refractivity contribution in [3.05, 3.63) is 78.1 Å². The molecule has 0 saturated heterocycles. The smallest absolute Gasteiger partial charge is 0.353 e. The number of hydrogen-bond acceptors (Lipinski definition) is 7. The summed E-state index contributed by atoms with van der Waals surface area (Å²) in [6, 6.07) is 13.3. The van der Waals surface area contributed by atoms with E-state index in [2.05, 4.69) is 47.1 Å². The fraction of sp³-hybridized carbons (Fsp3) is 0.286. The van der Waals surface area contributed by atoms with Crippen LogP contribution in [0.25, 0.3) is 11.1 Å². The Balaban J connectivity index is 0.000000521. The largest absolute Gasteiger partial charge is 0.468 e. The lowest BCUT2D eigenvalue weighted by molar-refractivity contribution is -0.137. The Hall–Kier alpha value is -4.40. The molecule has 0 aromatic heterocycles. The molecule has 3 rings (SSSR count). The summed E-state index contributed by atoms with van der Waals surface area (Å²) in [5.41, 5.74) is 3.88. The molecule has 196 valence electrons. The van der Waals surface area contributed by atoms with Crippen LogP contribution in [0.1, 0.15) is 36.2 Å². The van der Waals surface area contributed by atoms with Crippen LogP contribution in [-0.2, 0) is 30.4 Å². The Morgan fingerprint density at radius 2 is 1.76 bits per heavy atom. The predicted molar refractivity (Wildman–Crippen MR) is 141 cm³/mol. The lowest BCUT2D eigenvalue weighted by atomic mass is 9.97. The molecule has 2 N–H and O–H groups in total. The van der Waals surface area contributed by atoms with Gasteiger partial charge in [-0.2, -0.15) is 0 Å². The number of benzene rings is 2. The van der Waals surface area contributed by atoms with Crippen LogP contribution < -0.4 is 10.6 Å². The van der Waals surface area contributed by atoms with Crippen molar-refractivity contribution < 1.29 is 28.7 Å². The molecule has 1 aliphatic rings. The zero-order chi connectivity index (χ0) is 27.5. The summed E-state index contributed by atoms with van der Waals surface area (Å²) in [5, 5.41) is 5.37. The normalized spacial score (nSPS) is 11.6. The van der Waals surface area contributed by atoms with Gasteiger partial charge in [0.1, 0.15) is 11.4 Å². The summed E-state index contributed by atoms with van der Waals surface area (Å²) < 4.78 is 8.97. The third-order valence-corrected chi connectivity index (χ3v) is 5.62. The maximum Gasteiger partial charge on any atom is 0.353 e. The van der Waals surface area contributed by atoms with E-state index in [1.807, 2.05) is 43.4 Å². The van der Waals surface area contributed by atoms with E-state index >= 15 is 0 Å². The summed E-state index contributed by atoms with van der Waals surface area (Å²) >= 11 is 0. The first-order valence-electron chi connectivity index (χ1n) is 11.7. The first-order valence-corrected chi connectivity index (χ1v) is 11.7. The predicted octanol–water partition coefficient (Wildman–Crippen LogP) is 3.87. The second kappa shape index (κ2) is 13.6. The number of anilines is 1. The minimum atomic E-state index is -0.769. The number of hydrogen-bond donors (Lipinski definition) is 2. The topological polar surface area (TPSA) is 114 Å². The van der Waals surface area contributed by atoms with Gasteiger partial charge < -0.3 is 20.1 Å². The Labute approximate surface area is 217 Å². The highest BCUT2D eigenvalue weighted by atomic mass is 16.5. The molecule has 0 radical (unpaired) electrons. The van der Waals surface area contributed by atoms with Gasteiger partial charge in [-0.1, -0.05) is 51.3 Å². The van der Waals surface area contributed by atoms with Gasteiger partial charge in [-0.05, 0) is 47.2 Å². The van der Waals surface area contributed by atoms with Gasteiger partial charge in [0, 0.05) is 18.3 Å². The van der Waals surface area contributed by atoms with Crippen LogP contribution in [0.2, 0.25) is 0 Å². The van der Waals surface area contributed by atoms with E-state index in [4.69, 9.17) is 0 Å². The average molecular weight is 508 g/mol. The molecule has 0 atom stereocenters. The molecule has 0 spiro atoms. The first kappa shape index (κ1) is 28.8. The van der Waals surface area contributed by atoms with E-state index < -0.39 is 11.9 Å². The number of fused-ring (bicyclic) bond motifs is 1. The van der Waals surface area contributed by atoms with E-state index in [1.54, 1.807) is 6.07 Å². The van der Waals surface area contributed by atoms with Crippen molar-refractivity contribution >= 4 is 29.9 Å². The second-order valence-corrected chi connectivity index (χ2v) is 8.57. The molecule has 0 fully saturated rings. The highest BCUT2D eigenvalue weighted by molar-refractivity contribution is 6.07. The van der Waals surface area contributed by atoms with Crippen LogP contribution in [0.3, 0.4) is 0 Å². The zero-order valence-electron chi connectivity index (χ0n) is 21.6. The Morgan fingerprint density at radius 3 is 2.32 bits per heavy atom. The van der Waals surface area contributed by atoms with Crippen LogP contribution in [0.4, 0.5) is 5.69 Å². The molecule has 2 aromatic rings. The summed E-state index contributed by atoms with van der Waals surface area (Å²) in [7, 11) is 3.02. The van der Waals surface area contributed by atoms with Crippen molar-refractivity contribution in [3.8, 4) is 11.1 Å². The van der Waals surface area contributed by atoms with Crippen molar-refractivity contribution in [2.75, 3.05) is 26.1 Å². The molecule has 0 bridgehead atoms. The number of carbonyl (C=O) groups is 4. The van der Waals surface area contributed by atoms with Gasteiger partial charge in [0.05, 0.1) is 20.3 Å². The van der Waals surface area contributed by atoms with Crippen molar-refractivity contribution in [2.24, 2.45) is 5.92 Å². The minimum absolute atomic E-state index is 0.0762. The molecule has 37 heavy (non-hydrogen) atoms. The van der Waals surface area contributed by atoms with Crippen molar-refractivity contribution in [1.82, 2.24) is 10.2 Å². The molecule has 0 aliphatic carbocycles. The summed E-state index contributed by atoms with van der Waals surface area (Å²) in [6.45, 7) is 12.6. The average Bonchev–Trinajstić information content (AvgIpc) is 3.24. The van der Waals surface area contributed by atoms with Gasteiger partial charge in [-0.15, -0.1) is 0 Å². The van der Waals surface area contributed by atoms with Crippen LogP contribution in [-0.4, -0.2) is 49.9 Å². The van der Waals surface area contributed by atoms with Gasteiger partial charge in [-0.25, -0.2) is 4.79 Å². The zero-order valence-corrected chi connectivity index (χ0v) is 21.6. The van der Waals surface area contributed by atoms with E-state index in [9.17, 15) is 19.2 Å². The van der Waals surface area contributed by atoms with Crippen molar-refractivity contribution in [2.45, 2.75) is 26.8 Å². The molecule has 2 aromatic carbocycles. The Morgan fingerprint density at radius 1 is 1.11 bits per heavy atom. The quantitative estimate of drug-likeness (QED) is 0.217. The minimum Gasteiger partial charge on any atom is -0.468 e. The van der Waals surface area contributed by atoms with Gasteiger partial charge in [-0.3, -0.25) is 19.3 Å². The molecule has 1 aliphatic heterocycles. The maximum absolute atomic E-state index is 12.9. The summed E-state index contributed by atoms with van der Waals surface area (Å²) in [4.78, 5) is 47.5. The van der Waals surface area contributed by atoms with Crippen molar-refractivity contribution in [3.63, 3.8) is 0 Å². The first-order chi connectivity index (χ1) is 17.6. The third-order valence-electron chi connectivity index (χ3n) is 5.62. The van der Waals surface area contributed by atoms with Crippen LogP contribution in [0, 0.1) is 5.92 Å². The number of ether oxygens (including phenoxy) is 2. The fourth-order valence-electron chi connectivity index (χ4n) is 3.50. The van der Waals surface area contributed by atoms with Gasteiger partial charge >= 0.3 is 5.97 Å². The molecule has 0 unspecified atom stereocenters. The monoisotopic (exact) mass is 507 g/mol. The van der Waals surface area contributed by atoms with Crippen LogP contribution >= 0.6 is 0 Å². The Bertz CT molecular complexity index is 1170. The number of esters is 1. The molecule has 9 heteroatoms. The molecule has 1 heterocycles. The van der Waals surface area contributed by atoms with E-state index in [-0.39, 0.29) is 23.8 Å². The van der Waals surface area contributed by atoms with Gasteiger partial charge in [0.25, 0.3) is 18.3 Å². The second-order valence-electron chi connectivity index (χ2n) is 8.57. The van der Waals surface area contributed by atoms with E-state index in [0.29, 0.717) is 24.6 Å². The van der Waals surface area contributed by atoms with E-state index in [1.165, 1.54) is 12.0 Å². The number of nitrogens with zero attached hydrogens (tertiary/aromatic N) is 1. The fourth-order valence-corrected chi connectivity index (χ4v) is 3.50. The number of carbonyl (C=O) groups excluding carboxylic acids is 4. The highest BCUT2D eigenvalue weighted by Gasteiger charge is 2.33. The lowest BCUT2D eigenvalue weighted by Gasteiger charge is -2.18. The molecule has 9 nitrogen and oxygen atoms in total. The van der Waals surface area contributed by atoms with Crippen LogP contribution in [0.5, 0.6) is 0 Å². The Kier molecular flexibility index (Phi) is 10.6. The number of amides is 2. The number of rotatable bonds is 10. The summed E-state index contributed by atoms with van der Waals surface area (Å²) in [5.74, 6) is -1.16. The van der Waals surface area contributed by atoms with Gasteiger partial charge in [0.2, 0.25) is 0 Å². The summed E-state index contributed by atoms with van der Waals surface area (Å²) in [6.07, 6.45) is 0.957. The molecular formula is C28H33N3O6. The SMILES string of the molecule is C=C(NC(=O)C(=C)N1Cc2c(cccc2-c2ccc(NC)cc2)C1=O)C(=O)OC.CC(C)CCOC=O. The number of nitrogens with one attached hydrogen (secondary N) is 2. The van der Waals surface area contributed by atoms with E-state index in [0.717, 1.165) is 28.8 Å². The molecule has 0 saturated carbocycles. The highest BCUT2D eigenvalue weighted by Crippen LogP contribution is 2.34. The molecule has 2 amide bonds. The standard InChI is InChI=1S/C22H21N3O4.C6H12O2/c1-13(22(28)29-4)24-20(26)14(2)25-12-19-17(6-5-7-18(19)21(25)27)15-8-10-16(23-3)11-9-15;1-6(2)3-4-8-5-7/h5-11,23H,1-2,12H2,3-4H3,(H,24,26);5-6H,3-4H2,1-2H3. The maximum atomic E-state index is 12.9. The number of methoxy groups -OCH3 is 1. The van der Waals surface area contributed by atoms with Gasteiger partial charge in [0.15, 0.2) is 0 Å².